The van der Waals surface area contributed by atoms with E-state index in [-0.39, 0.29) is 17.2 Å². The minimum absolute atomic E-state index is 0.0137. The number of benzene rings is 2. The average Bonchev–Trinajstić information content (AvgIpc) is 3.55. The molecule has 0 radical (unpaired) electrons. The van der Waals surface area contributed by atoms with E-state index >= 15 is 0 Å². The van der Waals surface area contributed by atoms with Gasteiger partial charge >= 0.3 is 0 Å². The zero-order chi connectivity index (χ0) is 26.4. The molecule has 1 saturated heterocycles. The van der Waals surface area contributed by atoms with E-state index < -0.39 is 10.0 Å². The molecule has 0 aliphatic carbocycles. The largest absolute Gasteiger partial charge is 0.368 e. The quantitative estimate of drug-likeness (QED) is 0.309. The number of rotatable bonds is 10. The summed E-state index contributed by atoms with van der Waals surface area (Å²) in [6, 6.07) is 11.9. The van der Waals surface area contributed by atoms with E-state index in [0.29, 0.717) is 27.4 Å². The SMILES string of the molecule is CN(C)/C=N/S(=O)(=O)c1cc(NC(=O)Cc2ccccc2Cl)ccc1-c1cnn(CCN2CCCC2)c1. The van der Waals surface area contributed by atoms with Crippen LogP contribution >= 0.6 is 11.6 Å². The van der Waals surface area contributed by atoms with Gasteiger partial charge in [-0.15, -0.1) is 4.40 Å². The first kappa shape index (κ1) is 26.8. The number of amides is 1. The van der Waals surface area contributed by atoms with Crippen LogP contribution in [0.1, 0.15) is 18.4 Å². The standard InChI is InChI=1S/C26H31ClN6O3S/c1-31(2)19-29-37(35,36)25-16-22(30-26(34)15-20-7-3-4-8-24(20)27)9-10-23(25)21-17-28-33(18-21)14-13-32-11-5-6-12-32/h3-4,7-10,16-19H,5-6,11-15H2,1-2H3,(H,30,34)/b29-19+. The van der Waals surface area contributed by atoms with Crippen molar-refractivity contribution in [1.29, 1.82) is 0 Å². The van der Waals surface area contributed by atoms with Gasteiger partial charge in [-0.1, -0.05) is 35.9 Å². The number of likely N-dealkylation sites (tertiary alicyclic amines) is 1. The zero-order valence-electron chi connectivity index (χ0n) is 21.0. The first-order valence-corrected chi connectivity index (χ1v) is 13.9. The Balaban J connectivity index is 1.60. The molecule has 0 atom stereocenters. The van der Waals surface area contributed by atoms with Crippen LogP contribution in [0.5, 0.6) is 0 Å². The first-order chi connectivity index (χ1) is 17.7. The van der Waals surface area contributed by atoms with Crippen molar-refractivity contribution in [1.82, 2.24) is 19.6 Å². The Hall–Kier alpha value is -3.21. The van der Waals surface area contributed by atoms with Crippen LogP contribution in [0.25, 0.3) is 11.1 Å². The third kappa shape index (κ3) is 7.18. The summed E-state index contributed by atoms with van der Waals surface area (Å²) in [5, 5.41) is 7.72. The molecule has 11 heteroatoms. The topological polar surface area (TPSA) is 99.9 Å². The van der Waals surface area contributed by atoms with Crippen LogP contribution < -0.4 is 5.32 Å². The Kier molecular flexibility index (Phi) is 8.63. The molecule has 2 aromatic carbocycles. The molecule has 196 valence electrons. The number of sulfonamides is 1. The van der Waals surface area contributed by atoms with E-state index in [1.54, 1.807) is 55.5 Å². The summed E-state index contributed by atoms with van der Waals surface area (Å²) < 4.78 is 32.1. The number of aromatic nitrogens is 2. The molecule has 1 aliphatic rings. The number of hydrogen-bond acceptors (Lipinski definition) is 5. The summed E-state index contributed by atoms with van der Waals surface area (Å²) in [6.07, 6.45) is 7.24. The fraction of sp³-hybridized carbons (Fsp3) is 0.346. The predicted molar refractivity (Wildman–Crippen MR) is 146 cm³/mol. The van der Waals surface area contributed by atoms with Gasteiger partial charge in [0.2, 0.25) is 5.91 Å². The lowest BCUT2D eigenvalue weighted by Crippen LogP contribution is -2.24. The lowest BCUT2D eigenvalue weighted by molar-refractivity contribution is -0.115. The average molecular weight is 543 g/mol. The maximum absolute atomic E-state index is 13.2. The second kappa shape index (κ2) is 11.9. The summed E-state index contributed by atoms with van der Waals surface area (Å²) in [7, 11) is -0.684. The second-order valence-corrected chi connectivity index (χ2v) is 11.2. The highest BCUT2D eigenvalue weighted by Gasteiger charge is 2.21. The number of nitrogens with zero attached hydrogens (tertiary/aromatic N) is 5. The fourth-order valence-electron chi connectivity index (χ4n) is 4.16. The molecule has 1 fully saturated rings. The van der Waals surface area contributed by atoms with Gasteiger partial charge in [0.25, 0.3) is 10.0 Å². The molecule has 9 nitrogen and oxygen atoms in total. The third-order valence-corrected chi connectivity index (χ3v) is 7.69. The zero-order valence-corrected chi connectivity index (χ0v) is 22.5. The van der Waals surface area contributed by atoms with Crippen molar-refractivity contribution >= 4 is 39.6 Å². The number of carbonyl (C=O) groups excluding carboxylic acids is 1. The molecule has 1 N–H and O–H groups in total. The highest BCUT2D eigenvalue weighted by molar-refractivity contribution is 7.90. The number of nitrogens with one attached hydrogen (secondary N) is 1. The maximum Gasteiger partial charge on any atom is 0.284 e. The first-order valence-electron chi connectivity index (χ1n) is 12.1. The lowest BCUT2D eigenvalue weighted by atomic mass is 10.1. The Morgan fingerprint density at radius 1 is 1.16 bits per heavy atom. The summed E-state index contributed by atoms with van der Waals surface area (Å²) in [6.45, 7) is 3.82. The molecule has 37 heavy (non-hydrogen) atoms. The number of carbonyl (C=O) groups is 1. The number of anilines is 1. The number of halogens is 1. The van der Waals surface area contributed by atoms with E-state index in [1.165, 1.54) is 25.2 Å². The van der Waals surface area contributed by atoms with E-state index in [2.05, 4.69) is 19.7 Å². The van der Waals surface area contributed by atoms with Crippen LogP contribution in [0.2, 0.25) is 5.02 Å². The molecule has 3 aromatic rings. The molecular weight excluding hydrogens is 512 g/mol. The lowest BCUT2D eigenvalue weighted by Gasteiger charge is -2.14. The van der Waals surface area contributed by atoms with E-state index in [1.807, 2.05) is 16.9 Å². The Bertz CT molecular complexity index is 1380. The minimum Gasteiger partial charge on any atom is -0.368 e. The van der Waals surface area contributed by atoms with Gasteiger partial charge in [-0.25, -0.2) is 0 Å². The molecule has 0 spiro atoms. The van der Waals surface area contributed by atoms with Crippen molar-refractivity contribution in [3.05, 3.63) is 65.4 Å². The van der Waals surface area contributed by atoms with Crippen LogP contribution in [0, 0.1) is 0 Å². The fourth-order valence-corrected chi connectivity index (χ4v) is 5.53. The number of hydrogen-bond donors (Lipinski definition) is 1. The van der Waals surface area contributed by atoms with Gasteiger partial charge in [-0.3, -0.25) is 9.48 Å². The monoisotopic (exact) mass is 542 g/mol. The minimum atomic E-state index is -4.06. The third-order valence-electron chi connectivity index (χ3n) is 6.06. The van der Waals surface area contributed by atoms with Crippen LogP contribution in [-0.4, -0.2) is 74.0 Å². The van der Waals surface area contributed by atoms with Crippen LogP contribution in [-0.2, 0) is 27.8 Å². The maximum atomic E-state index is 13.2. The van der Waals surface area contributed by atoms with Gasteiger partial charge in [-0.2, -0.15) is 13.5 Å². The van der Waals surface area contributed by atoms with E-state index in [4.69, 9.17) is 11.6 Å². The molecule has 0 bridgehead atoms. The molecule has 1 aromatic heterocycles. The molecule has 2 heterocycles. The van der Waals surface area contributed by atoms with E-state index in [9.17, 15) is 13.2 Å². The molecule has 0 saturated carbocycles. The normalized spacial score (nSPS) is 14.4. The van der Waals surface area contributed by atoms with Crippen LogP contribution in [0.3, 0.4) is 0 Å². The van der Waals surface area contributed by atoms with Crippen molar-refractivity contribution in [2.75, 3.05) is 39.0 Å². The van der Waals surface area contributed by atoms with Gasteiger partial charge in [0, 0.05) is 48.7 Å². The van der Waals surface area contributed by atoms with Gasteiger partial charge in [0.15, 0.2) is 0 Å². The molecule has 1 amide bonds. The molecule has 1 aliphatic heterocycles. The summed E-state index contributed by atoms with van der Waals surface area (Å²) in [5.74, 6) is -0.310. The van der Waals surface area contributed by atoms with E-state index in [0.717, 1.165) is 26.2 Å². The van der Waals surface area contributed by atoms with Crippen molar-refractivity contribution in [3.63, 3.8) is 0 Å². The van der Waals surface area contributed by atoms with Crippen molar-refractivity contribution in [3.8, 4) is 11.1 Å². The second-order valence-electron chi connectivity index (χ2n) is 9.23. The Morgan fingerprint density at radius 2 is 1.92 bits per heavy atom. The summed E-state index contributed by atoms with van der Waals surface area (Å²) in [4.78, 5) is 16.6. The van der Waals surface area contributed by atoms with Crippen molar-refractivity contribution in [2.45, 2.75) is 30.7 Å². The summed E-state index contributed by atoms with van der Waals surface area (Å²) >= 11 is 6.18. The molecular formula is C26H31ClN6O3S. The highest BCUT2D eigenvalue weighted by atomic mass is 35.5. The van der Waals surface area contributed by atoms with Crippen molar-refractivity contribution in [2.24, 2.45) is 4.40 Å². The van der Waals surface area contributed by atoms with Crippen LogP contribution in [0.4, 0.5) is 5.69 Å². The Labute approximate surface area is 222 Å². The van der Waals surface area contributed by atoms with Crippen molar-refractivity contribution < 1.29 is 13.2 Å². The molecule has 0 unspecified atom stereocenters. The Morgan fingerprint density at radius 3 is 2.65 bits per heavy atom. The van der Waals surface area contributed by atoms with Crippen LogP contribution in [0.15, 0.2) is 64.2 Å². The van der Waals surface area contributed by atoms with Gasteiger partial charge in [0.1, 0.15) is 6.34 Å². The summed E-state index contributed by atoms with van der Waals surface area (Å²) in [5.41, 5.74) is 2.16. The highest BCUT2D eigenvalue weighted by Crippen LogP contribution is 2.31. The van der Waals surface area contributed by atoms with Gasteiger partial charge in [-0.05, 0) is 49.7 Å². The molecule has 4 rings (SSSR count). The predicted octanol–water partition coefficient (Wildman–Crippen LogP) is 3.76. The smallest absolute Gasteiger partial charge is 0.284 e. The van der Waals surface area contributed by atoms with Gasteiger partial charge in [0.05, 0.1) is 24.1 Å². The van der Waals surface area contributed by atoms with Gasteiger partial charge < -0.3 is 15.1 Å².